The van der Waals surface area contributed by atoms with Crippen molar-refractivity contribution in [2.75, 3.05) is 0 Å². The molecule has 1 aromatic carbocycles. The predicted molar refractivity (Wildman–Crippen MR) is 82.7 cm³/mol. The first-order chi connectivity index (χ1) is 10.5. The zero-order valence-corrected chi connectivity index (χ0v) is 12.8. The summed E-state index contributed by atoms with van der Waals surface area (Å²) >= 11 is 0. The Morgan fingerprint density at radius 2 is 2.09 bits per heavy atom. The van der Waals surface area contributed by atoms with Crippen LogP contribution in [0.5, 0.6) is 0 Å². The summed E-state index contributed by atoms with van der Waals surface area (Å²) in [5, 5.41) is 2.98. The lowest BCUT2D eigenvalue weighted by atomic mass is 9.97. The van der Waals surface area contributed by atoms with Crippen molar-refractivity contribution in [1.29, 1.82) is 0 Å². The van der Waals surface area contributed by atoms with Crippen molar-refractivity contribution in [2.24, 2.45) is 5.92 Å². The average Bonchev–Trinajstić information content (AvgIpc) is 2.90. The third-order valence-electron chi connectivity index (χ3n) is 4.00. The second-order valence-corrected chi connectivity index (χ2v) is 6.08. The molecule has 0 spiro atoms. The van der Waals surface area contributed by atoms with Gasteiger partial charge in [-0.3, -0.25) is 4.79 Å². The summed E-state index contributed by atoms with van der Waals surface area (Å²) in [5.74, 6) is 0.798. The summed E-state index contributed by atoms with van der Waals surface area (Å²) in [7, 11) is 0. The highest BCUT2D eigenvalue weighted by molar-refractivity contribution is 5.79. The number of fused-ring (bicyclic) bond motifs is 1. The highest BCUT2D eigenvalue weighted by atomic mass is 19.1. The number of benzene rings is 1. The van der Waals surface area contributed by atoms with Crippen molar-refractivity contribution in [2.45, 2.75) is 39.3 Å². The third kappa shape index (κ3) is 2.89. The van der Waals surface area contributed by atoms with Crippen LogP contribution >= 0.6 is 0 Å². The average molecular weight is 301 g/mol. The number of hydrogen-bond acceptors (Lipinski definition) is 2. The molecule has 0 aliphatic carbocycles. The number of nitrogens with zero attached hydrogens (tertiary/aromatic N) is 2. The molecule has 0 saturated heterocycles. The van der Waals surface area contributed by atoms with Crippen molar-refractivity contribution < 1.29 is 9.18 Å². The molecule has 4 nitrogen and oxygen atoms in total. The monoisotopic (exact) mass is 301 g/mol. The number of carbonyl (C=O) groups is 1. The summed E-state index contributed by atoms with van der Waals surface area (Å²) in [6.45, 7) is 4.56. The highest BCUT2D eigenvalue weighted by Crippen LogP contribution is 2.27. The molecule has 1 atom stereocenters. The first-order valence-corrected chi connectivity index (χ1v) is 7.65. The van der Waals surface area contributed by atoms with Gasteiger partial charge in [0.15, 0.2) is 0 Å². The Balaban J connectivity index is 1.85. The number of aromatic nitrogens is 2. The molecule has 22 heavy (non-hydrogen) atoms. The van der Waals surface area contributed by atoms with Gasteiger partial charge in [0.25, 0.3) is 0 Å². The van der Waals surface area contributed by atoms with Crippen LogP contribution in [0.1, 0.15) is 26.1 Å². The van der Waals surface area contributed by atoms with Gasteiger partial charge in [-0.1, -0.05) is 0 Å². The fraction of sp³-hybridized carbons (Fsp3) is 0.412. The fourth-order valence-corrected chi connectivity index (χ4v) is 2.90. The third-order valence-corrected chi connectivity index (χ3v) is 4.00. The zero-order valence-electron chi connectivity index (χ0n) is 12.8. The number of nitrogens with one attached hydrogen (secondary N) is 1. The Morgan fingerprint density at radius 3 is 2.77 bits per heavy atom. The Kier molecular flexibility index (Phi) is 3.96. The first kappa shape index (κ1) is 14.8. The summed E-state index contributed by atoms with van der Waals surface area (Å²) < 4.78 is 15.2. The van der Waals surface area contributed by atoms with Crippen LogP contribution in [0.25, 0.3) is 11.3 Å². The molecular formula is C17H20FN3O. The number of amides is 1. The molecule has 3 rings (SSSR count). The van der Waals surface area contributed by atoms with Gasteiger partial charge in [0, 0.05) is 19.0 Å². The molecule has 1 N–H and O–H groups in total. The summed E-state index contributed by atoms with van der Waals surface area (Å²) in [5.41, 5.74) is 1.86. The number of rotatable bonds is 3. The lowest BCUT2D eigenvalue weighted by Gasteiger charge is -2.25. The SMILES string of the molecule is CC(C)NC(=O)C1CCc2ncc(-c3ccc(F)cc3)n2C1. The Labute approximate surface area is 129 Å². The highest BCUT2D eigenvalue weighted by Gasteiger charge is 2.27. The van der Waals surface area contributed by atoms with Crippen LogP contribution in [-0.4, -0.2) is 21.5 Å². The molecule has 0 saturated carbocycles. The molecular weight excluding hydrogens is 281 g/mol. The van der Waals surface area contributed by atoms with Crippen LogP contribution in [0, 0.1) is 11.7 Å². The van der Waals surface area contributed by atoms with Crippen molar-refractivity contribution in [3.8, 4) is 11.3 Å². The molecule has 2 aromatic rings. The second kappa shape index (κ2) is 5.91. The number of aryl methyl sites for hydroxylation is 1. The van der Waals surface area contributed by atoms with Gasteiger partial charge >= 0.3 is 0 Å². The van der Waals surface area contributed by atoms with E-state index in [1.165, 1.54) is 12.1 Å². The minimum Gasteiger partial charge on any atom is -0.354 e. The maximum absolute atomic E-state index is 13.1. The van der Waals surface area contributed by atoms with Gasteiger partial charge in [-0.25, -0.2) is 9.37 Å². The largest absolute Gasteiger partial charge is 0.354 e. The topological polar surface area (TPSA) is 46.9 Å². The van der Waals surface area contributed by atoms with Crippen molar-refractivity contribution >= 4 is 5.91 Å². The van der Waals surface area contributed by atoms with E-state index in [9.17, 15) is 9.18 Å². The second-order valence-electron chi connectivity index (χ2n) is 6.08. The number of carbonyl (C=O) groups excluding carboxylic acids is 1. The molecule has 1 aliphatic heterocycles. The Bertz CT molecular complexity index is 676. The van der Waals surface area contributed by atoms with Gasteiger partial charge in [0.05, 0.1) is 17.8 Å². The molecule has 0 radical (unpaired) electrons. The van der Waals surface area contributed by atoms with Crippen LogP contribution in [0.3, 0.4) is 0 Å². The predicted octanol–water partition coefficient (Wildman–Crippen LogP) is 2.78. The Morgan fingerprint density at radius 1 is 1.36 bits per heavy atom. The molecule has 1 aromatic heterocycles. The minimum atomic E-state index is -0.253. The zero-order chi connectivity index (χ0) is 15.7. The molecule has 2 heterocycles. The quantitative estimate of drug-likeness (QED) is 0.947. The standard InChI is InChI=1S/C17H20FN3O/c1-11(2)20-17(22)13-5-8-16-19-9-15(21(16)10-13)12-3-6-14(18)7-4-12/h3-4,6-7,9,11,13H,5,8,10H2,1-2H3,(H,20,22). The molecule has 0 bridgehead atoms. The van der Waals surface area contributed by atoms with E-state index in [0.717, 1.165) is 29.9 Å². The van der Waals surface area contributed by atoms with Gasteiger partial charge in [0.1, 0.15) is 11.6 Å². The van der Waals surface area contributed by atoms with Crippen LogP contribution in [0.4, 0.5) is 4.39 Å². The van der Waals surface area contributed by atoms with Crippen LogP contribution in [0.2, 0.25) is 0 Å². The smallest absolute Gasteiger partial charge is 0.225 e. The van der Waals surface area contributed by atoms with E-state index in [-0.39, 0.29) is 23.7 Å². The Hall–Kier alpha value is -2.17. The van der Waals surface area contributed by atoms with Gasteiger partial charge in [-0.15, -0.1) is 0 Å². The number of hydrogen-bond donors (Lipinski definition) is 1. The molecule has 1 unspecified atom stereocenters. The van der Waals surface area contributed by atoms with E-state index in [2.05, 4.69) is 14.9 Å². The van der Waals surface area contributed by atoms with E-state index >= 15 is 0 Å². The van der Waals surface area contributed by atoms with Gasteiger partial charge in [-0.05, 0) is 50.1 Å². The van der Waals surface area contributed by atoms with Crippen molar-refractivity contribution in [3.05, 3.63) is 42.1 Å². The summed E-state index contributed by atoms with van der Waals surface area (Å²) in [4.78, 5) is 16.7. The molecule has 0 fully saturated rings. The van der Waals surface area contributed by atoms with Crippen LogP contribution < -0.4 is 5.32 Å². The molecule has 1 amide bonds. The van der Waals surface area contributed by atoms with Crippen molar-refractivity contribution in [1.82, 2.24) is 14.9 Å². The van der Waals surface area contributed by atoms with E-state index in [4.69, 9.17) is 0 Å². The van der Waals surface area contributed by atoms with Gasteiger partial charge in [-0.2, -0.15) is 0 Å². The molecule has 116 valence electrons. The van der Waals surface area contributed by atoms with E-state index in [0.29, 0.717) is 6.54 Å². The van der Waals surface area contributed by atoms with Gasteiger partial charge in [0.2, 0.25) is 5.91 Å². The molecule has 5 heteroatoms. The maximum atomic E-state index is 13.1. The van der Waals surface area contributed by atoms with E-state index < -0.39 is 0 Å². The molecule has 1 aliphatic rings. The maximum Gasteiger partial charge on any atom is 0.225 e. The van der Waals surface area contributed by atoms with E-state index in [1.54, 1.807) is 12.1 Å². The van der Waals surface area contributed by atoms with Gasteiger partial charge < -0.3 is 9.88 Å². The number of imidazole rings is 1. The fourth-order valence-electron chi connectivity index (χ4n) is 2.90. The lowest BCUT2D eigenvalue weighted by molar-refractivity contribution is -0.126. The summed E-state index contributed by atoms with van der Waals surface area (Å²) in [6, 6.07) is 6.53. The first-order valence-electron chi connectivity index (χ1n) is 7.65. The summed E-state index contributed by atoms with van der Waals surface area (Å²) in [6.07, 6.45) is 3.42. The number of halogens is 1. The normalized spacial score (nSPS) is 17.4. The van der Waals surface area contributed by atoms with Crippen LogP contribution in [-0.2, 0) is 17.8 Å². The van der Waals surface area contributed by atoms with Crippen LogP contribution in [0.15, 0.2) is 30.5 Å². The van der Waals surface area contributed by atoms with E-state index in [1.807, 2.05) is 20.0 Å². The lowest BCUT2D eigenvalue weighted by Crippen LogP contribution is -2.39. The van der Waals surface area contributed by atoms with Crippen molar-refractivity contribution in [3.63, 3.8) is 0 Å². The minimum absolute atomic E-state index is 0.0386.